The lowest BCUT2D eigenvalue weighted by atomic mass is 10.1. The maximum absolute atomic E-state index is 12.5. The van der Waals surface area contributed by atoms with Crippen LogP contribution in [0.15, 0.2) is 46.5 Å². The topological polar surface area (TPSA) is 100 Å². The van der Waals surface area contributed by atoms with E-state index in [1.165, 1.54) is 15.1 Å². The van der Waals surface area contributed by atoms with Crippen molar-refractivity contribution in [1.82, 2.24) is 23.9 Å². The van der Waals surface area contributed by atoms with E-state index in [2.05, 4.69) is 15.1 Å². The Kier molecular flexibility index (Phi) is 3.47. The zero-order chi connectivity index (χ0) is 16.7. The van der Waals surface area contributed by atoms with Gasteiger partial charge in [0, 0.05) is 18.7 Å². The van der Waals surface area contributed by atoms with E-state index in [9.17, 15) is 13.2 Å². The Bertz CT molecular complexity index is 1050. The molecule has 3 heterocycles. The summed E-state index contributed by atoms with van der Waals surface area (Å²) in [6.45, 7) is 1.15. The Balaban J connectivity index is 1.73. The molecule has 1 aliphatic rings. The third-order valence-electron chi connectivity index (χ3n) is 4.18. The fourth-order valence-corrected chi connectivity index (χ4v) is 4.43. The molecule has 0 saturated carbocycles. The van der Waals surface area contributed by atoms with Crippen LogP contribution in [0.4, 0.5) is 0 Å². The Morgan fingerprint density at radius 3 is 2.50 bits per heavy atom. The summed E-state index contributed by atoms with van der Waals surface area (Å²) in [5.41, 5.74) is 1.48. The number of fused-ring (bicyclic) bond motifs is 1. The number of H-pyrrole nitrogens is 1. The van der Waals surface area contributed by atoms with Gasteiger partial charge in [0.1, 0.15) is 0 Å². The average molecular weight is 345 g/mol. The van der Waals surface area contributed by atoms with Crippen LogP contribution in [0.1, 0.15) is 12.8 Å². The molecule has 1 fully saturated rings. The second kappa shape index (κ2) is 5.53. The first kappa shape index (κ1) is 15.0. The number of hydrogen-bond donors (Lipinski definition) is 1. The zero-order valence-corrected chi connectivity index (χ0v) is 13.5. The Labute approximate surface area is 137 Å². The molecule has 124 valence electrons. The molecule has 8 nitrogen and oxygen atoms in total. The smallest absolute Gasteiger partial charge is 0.296 e. The van der Waals surface area contributed by atoms with Gasteiger partial charge in [-0.25, -0.2) is 18.2 Å². The largest absolute Gasteiger partial charge is 0.349 e. The van der Waals surface area contributed by atoms with E-state index in [1.54, 1.807) is 30.5 Å². The molecular formula is C15H15N5O3S. The molecular weight excluding hydrogens is 330 g/mol. The molecule has 4 rings (SSSR count). The van der Waals surface area contributed by atoms with Gasteiger partial charge in [0.05, 0.1) is 17.4 Å². The number of nitrogens with one attached hydrogen (secondary N) is 1. The van der Waals surface area contributed by atoms with Crippen molar-refractivity contribution >= 4 is 15.7 Å². The average Bonchev–Trinajstić information content (AvgIpc) is 3.26. The van der Waals surface area contributed by atoms with Crippen molar-refractivity contribution in [3.63, 3.8) is 0 Å². The van der Waals surface area contributed by atoms with E-state index in [1.807, 2.05) is 0 Å². The van der Waals surface area contributed by atoms with Crippen LogP contribution in [-0.2, 0) is 10.0 Å². The van der Waals surface area contributed by atoms with E-state index in [0.717, 1.165) is 18.4 Å². The predicted molar refractivity (Wildman–Crippen MR) is 87.0 cm³/mol. The van der Waals surface area contributed by atoms with Crippen LogP contribution in [0.2, 0.25) is 0 Å². The maximum atomic E-state index is 12.5. The number of aromatic nitrogens is 4. The van der Waals surface area contributed by atoms with E-state index >= 15 is 0 Å². The van der Waals surface area contributed by atoms with Crippen molar-refractivity contribution in [2.45, 2.75) is 17.7 Å². The van der Waals surface area contributed by atoms with Gasteiger partial charge >= 0.3 is 5.69 Å². The van der Waals surface area contributed by atoms with E-state index in [0.29, 0.717) is 24.3 Å². The zero-order valence-electron chi connectivity index (χ0n) is 12.7. The normalized spacial score (nSPS) is 16.0. The van der Waals surface area contributed by atoms with Crippen LogP contribution in [0, 0.1) is 0 Å². The summed E-state index contributed by atoms with van der Waals surface area (Å²) < 4.78 is 27.8. The van der Waals surface area contributed by atoms with Crippen molar-refractivity contribution in [2.24, 2.45) is 0 Å². The molecule has 2 aromatic heterocycles. The molecule has 3 aromatic rings. The summed E-state index contributed by atoms with van der Waals surface area (Å²) in [6, 6.07) is 6.59. The molecule has 1 aromatic carbocycles. The van der Waals surface area contributed by atoms with Gasteiger partial charge in [-0.2, -0.15) is 13.9 Å². The highest BCUT2D eigenvalue weighted by Crippen LogP contribution is 2.26. The number of hydrogen-bond acceptors (Lipinski definition) is 5. The van der Waals surface area contributed by atoms with Crippen LogP contribution in [-0.4, -0.2) is 45.4 Å². The number of aromatic amines is 1. The molecule has 0 atom stereocenters. The molecule has 0 spiro atoms. The fraction of sp³-hybridized carbons (Fsp3) is 0.267. The Morgan fingerprint density at radius 2 is 1.79 bits per heavy atom. The van der Waals surface area contributed by atoms with Gasteiger partial charge in [0.2, 0.25) is 10.0 Å². The van der Waals surface area contributed by atoms with Gasteiger partial charge in [-0.15, -0.1) is 0 Å². The molecule has 0 unspecified atom stereocenters. The number of benzene rings is 1. The van der Waals surface area contributed by atoms with Gasteiger partial charge in [-0.1, -0.05) is 12.1 Å². The highest BCUT2D eigenvalue weighted by Gasteiger charge is 2.27. The van der Waals surface area contributed by atoms with Gasteiger partial charge < -0.3 is 0 Å². The van der Waals surface area contributed by atoms with Crippen molar-refractivity contribution in [3.8, 4) is 11.1 Å². The lowest BCUT2D eigenvalue weighted by molar-refractivity contribution is 0.477. The number of rotatable bonds is 3. The number of nitrogens with zero attached hydrogens (tertiary/aromatic N) is 4. The van der Waals surface area contributed by atoms with Crippen LogP contribution in [0.5, 0.6) is 0 Å². The first-order valence-electron chi connectivity index (χ1n) is 7.59. The molecule has 9 heteroatoms. The standard InChI is InChI=1S/C15H15N5O3S/c21-15-17-10-16-14-13(9-18-20(14)15)11-3-5-12(6-4-11)24(22,23)19-7-1-2-8-19/h3-6,9-10H,1-2,7-8H2,(H,16,17,21). The fourth-order valence-electron chi connectivity index (χ4n) is 2.91. The predicted octanol–water partition coefficient (Wildman–Crippen LogP) is 0.869. The summed E-state index contributed by atoms with van der Waals surface area (Å²) in [6.07, 6.45) is 4.66. The van der Waals surface area contributed by atoms with Crippen molar-refractivity contribution < 1.29 is 8.42 Å². The second-order valence-corrected chi connectivity index (χ2v) is 7.57. The molecule has 1 N–H and O–H groups in total. The highest BCUT2D eigenvalue weighted by molar-refractivity contribution is 7.89. The summed E-state index contributed by atoms with van der Waals surface area (Å²) in [5.74, 6) is 0. The van der Waals surface area contributed by atoms with Crippen LogP contribution in [0.3, 0.4) is 0 Å². The molecule has 1 aliphatic heterocycles. The van der Waals surface area contributed by atoms with Crippen LogP contribution in [0.25, 0.3) is 16.8 Å². The minimum atomic E-state index is -3.43. The SMILES string of the molecule is O=c1[nH]cnc2c(-c3ccc(S(=O)(=O)N4CCCC4)cc3)cnn12. The van der Waals surface area contributed by atoms with E-state index < -0.39 is 10.0 Å². The molecule has 24 heavy (non-hydrogen) atoms. The first-order chi connectivity index (χ1) is 11.6. The summed E-state index contributed by atoms with van der Waals surface area (Å²) >= 11 is 0. The minimum Gasteiger partial charge on any atom is -0.296 e. The van der Waals surface area contributed by atoms with Gasteiger partial charge in [0.15, 0.2) is 5.65 Å². The quantitative estimate of drug-likeness (QED) is 0.759. The van der Waals surface area contributed by atoms with Gasteiger partial charge in [-0.05, 0) is 30.5 Å². The molecule has 0 bridgehead atoms. The summed E-state index contributed by atoms with van der Waals surface area (Å²) in [5, 5.41) is 4.01. The maximum Gasteiger partial charge on any atom is 0.349 e. The lowest BCUT2D eigenvalue weighted by Gasteiger charge is -2.15. The van der Waals surface area contributed by atoms with Crippen molar-refractivity contribution in [2.75, 3.05) is 13.1 Å². The van der Waals surface area contributed by atoms with Crippen molar-refractivity contribution in [3.05, 3.63) is 47.3 Å². The monoisotopic (exact) mass is 345 g/mol. The van der Waals surface area contributed by atoms with Gasteiger partial charge in [0.25, 0.3) is 0 Å². The highest BCUT2D eigenvalue weighted by atomic mass is 32.2. The number of sulfonamides is 1. The minimum absolute atomic E-state index is 0.274. The Hall–Kier alpha value is -2.52. The lowest BCUT2D eigenvalue weighted by Crippen LogP contribution is -2.27. The van der Waals surface area contributed by atoms with Crippen LogP contribution < -0.4 is 5.69 Å². The van der Waals surface area contributed by atoms with Gasteiger partial charge in [-0.3, -0.25) is 4.98 Å². The molecule has 0 aliphatic carbocycles. The van der Waals surface area contributed by atoms with Crippen molar-refractivity contribution in [1.29, 1.82) is 0 Å². The summed E-state index contributed by atoms with van der Waals surface area (Å²) in [7, 11) is -3.43. The third kappa shape index (κ3) is 2.33. The molecule has 0 radical (unpaired) electrons. The van der Waals surface area contributed by atoms with E-state index in [-0.39, 0.29) is 10.6 Å². The molecule has 0 amide bonds. The van der Waals surface area contributed by atoms with E-state index in [4.69, 9.17) is 0 Å². The Morgan fingerprint density at radius 1 is 1.08 bits per heavy atom. The first-order valence-corrected chi connectivity index (χ1v) is 9.03. The third-order valence-corrected chi connectivity index (χ3v) is 6.09. The van der Waals surface area contributed by atoms with Crippen LogP contribution >= 0.6 is 0 Å². The summed E-state index contributed by atoms with van der Waals surface area (Å²) in [4.78, 5) is 18.5. The second-order valence-electron chi connectivity index (χ2n) is 5.64. The molecule has 1 saturated heterocycles.